The van der Waals surface area contributed by atoms with E-state index in [1.807, 2.05) is 41.5 Å². The number of hydrogen-bond acceptors (Lipinski definition) is 0. The van der Waals surface area contributed by atoms with Crippen LogP contribution in [0.1, 0.15) is 74.7 Å². The smallest absolute Gasteiger partial charge is 0.0538 e. The summed E-state index contributed by atoms with van der Waals surface area (Å²) in [5.74, 6) is 0. The van der Waals surface area contributed by atoms with Crippen LogP contribution in [0.5, 0.6) is 0 Å². The van der Waals surface area contributed by atoms with Gasteiger partial charge < -0.3 is 0 Å². The lowest BCUT2D eigenvalue weighted by Gasteiger charge is -1.79. The van der Waals surface area contributed by atoms with Crippen molar-refractivity contribution in [2.45, 2.75) is 74.7 Å². The van der Waals surface area contributed by atoms with Crippen molar-refractivity contribution in [3.05, 3.63) is 13.2 Å². The third kappa shape index (κ3) is 368. The fourth-order valence-electron chi connectivity index (χ4n) is 0.354. The maximum atomic E-state index is 3.00. The van der Waals surface area contributed by atoms with Crippen LogP contribution < -0.4 is 0 Å². The minimum atomic E-state index is 1.34. The van der Waals surface area contributed by atoms with Crippen molar-refractivity contribution in [1.82, 2.24) is 0 Å². The molecule has 0 saturated carbocycles. The molecule has 86 valence electrons. The average Bonchev–Trinajstić information content (AvgIpc) is 2.30. The van der Waals surface area contributed by atoms with Gasteiger partial charge in [-0.1, -0.05) is 74.7 Å². The van der Waals surface area contributed by atoms with Crippen LogP contribution in [0.2, 0.25) is 0 Å². The Morgan fingerprint density at radius 3 is 0.769 bits per heavy atom. The van der Waals surface area contributed by atoms with Gasteiger partial charge in [0.05, 0.1) is 0 Å². The van der Waals surface area contributed by atoms with Gasteiger partial charge in [-0.15, -0.1) is 13.2 Å². The summed E-state index contributed by atoms with van der Waals surface area (Å²) in [4.78, 5) is 0. The Morgan fingerprint density at radius 2 is 0.769 bits per heavy atom. The average molecular weight is 190 g/mol. The molecular weight excluding hydrogens is 156 g/mol. The fourth-order valence-corrected chi connectivity index (χ4v) is 0.354. The molecule has 0 amide bonds. The molecule has 0 heteroatoms. The highest BCUT2D eigenvalue weighted by molar-refractivity contribution is 4.24. The summed E-state index contributed by atoms with van der Waals surface area (Å²) < 4.78 is 0. The maximum absolute atomic E-state index is 3.00. The van der Waals surface area contributed by atoms with Crippen molar-refractivity contribution in [2.24, 2.45) is 0 Å². The number of rotatable bonds is 2. The van der Waals surface area contributed by atoms with Crippen LogP contribution >= 0.6 is 0 Å². The third-order valence-corrected chi connectivity index (χ3v) is 0.707. The Morgan fingerprint density at radius 1 is 0.615 bits per heavy atom. The monoisotopic (exact) mass is 190 g/mol. The van der Waals surface area contributed by atoms with E-state index in [9.17, 15) is 0 Å². The zero-order valence-corrected chi connectivity index (χ0v) is 11.5. The summed E-state index contributed by atoms with van der Waals surface area (Å²) in [7, 11) is 0. The topological polar surface area (TPSA) is 0 Å². The third-order valence-electron chi connectivity index (χ3n) is 0.707. The summed E-state index contributed by atoms with van der Waals surface area (Å²) >= 11 is 0. The zero-order chi connectivity index (χ0) is 12.1. The van der Waals surface area contributed by atoms with Crippen LogP contribution in [0.25, 0.3) is 0 Å². The van der Waals surface area contributed by atoms with Crippen molar-refractivity contribution >= 4 is 0 Å². The van der Waals surface area contributed by atoms with Gasteiger partial charge in [-0.3, -0.25) is 0 Å². The van der Waals surface area contributed by atoms with Crippen molar-refractivity contribution in [3.8, 4) is 0 Å². The Labute approximate surface area is 88.5 Å². The van der Waals surface area contributed by atoms with Gasteiger partial charge in [0.2, 0.25) is 0 Å². The summed E-state index contributed by atoms with van der Waals surface area (Å²) in [5.41, 5.74) is 0. The Hall–Kier alpha value is -0.260. The molecule has 0 heterocycles. The first kappa shape index (κ1) is 29.3. The van der Waals surface area contributed by atoms with Crippen LogP contribution in [-0.4, -0.2) is 0 Å². The second-order valence-corrected chi connectivity index (χ2v) is 1.35. The summed E-state index contributed by atoms with van der Waals surface area (Å²) in [6.07, 6.45) is 4.08. The largest absolute Gasteiger partial charge is 0.106 e. The molecule has 0 aliphatic heterocycles. The van der Waals surface area contributed by atoms with Gasteiger partial charge in [0.15, 0.2) is 0 Å². The SMILES string of the molecule is C=C.CC.CC.CC.CCCCC. The van der Waals surface area contributed by atoms with Crippen LogP contribution in [0.15, 0.2) is 13.2 Å². The molecule has 0 radical (unpaired) electrons. The minimum absolute atomic E-state index is 1.34. The Kier molecular flexibility index (Phi) is 407. The molecule has 0 N–H and O–H groups in total. The van der Waals surface area contributed by atoms with Gasteiger partial charge >= 0.3 is 0 Å². The molecule has 0 spiro atoms. The molecule has 13 heavy (non-hydrogen) atoms. The van der Waals surface area contributed by atoms with Gasteiger partial charge in [0, 0.05) is 0 Å². The quantitative estimate of drug-likeness (QED) is 0.463. The van der Waals surface area contributed by atoms with Crippen molar-refractivity contribution in [1.29, 1.82) is 0 Å². The molecule has 0 aromatic heterocycles. The zero-order valence-electron chi connectivity index (χ0n) is 11.5. The lowest BCUT2D eigenvalue weighted by molar-refractivity contribution is 0.772. The predicted molar refractivity (Wildman–Crippen MR) is 70.5 cm³/mol. The summed E-state index contributed by atoms with van der Waals surface area (Å²) in [6.45, 7) is 22.4. The molecule has 0 saturated heterocycles. The van der Waals surface area contributed by atoms with E-state index in [0.717, 1.165) is 0 Å². The molecule has 0 rings (SSSR count). The summed E-state index contributed by atoms with van der Waals surface area (Å²) in [6, 6.07) is 0. The van der Waals surface area contributed by atoms with Gasteiger partial charge in [-0.25, -0.2) is 0 Å². The maximum Gasteiger partial charge on any atom is -0.0538 e. The lowest BCUT2D eigenvalue weighted by Crippen LogP contribution is -1.59. The molecule has 0 atom stereocenters. The molecule has 0 aromatic rings. The van der Waals surface area contributed by atoms with E-state index < -0.39 is 0 Å². The van der Waals surface area contributed by atoms with E-state index in [-0.39, 0.29) is 0 Å². The molecule has 0 aliphatic rings. The van der Waals surface area contributed by atoms with E-state index in [0.29, 0.717) is 0 Å². The molecule has 0 fully saturated rings. The number of unbranched alkanes of at least 4 members (excludes halogenated alkanes) is 2. The van der Waals surface area contributed by atoms with Crippen LogP contribution in [-0.2, 0) is 0 Å². The fraction of sp³-hybridized carbons (Fsp3) is 0.846. The van der Waals surface area contributed by atoms with Crippen LogP contribution in [0.4, 0.5) is 0 Å². The Bertz CT molecular complexity index is 14.0. The van der Waals surface area contributed by atoms with Crippen molar-refractivity contribution in [2.75, 3.05) is 0 Å². The first-order chi connectivity index (χ1) is 6.41. The number of hydrogen-bond donors (Lipinski definition) is 0. The van der Waals surface area contributed by atoms with Gasteiger partial charge in [0.25, 0.3) is 0 Å². The molecule has 0 aromatic carbocycles. The molecule has 0 aliphatic carbocycles. The molecule has 0 unspecified atom stereocenters. The van der Waals surface area contributed by atoms with Crippen molar-refractivity contribution in [3.63, 3.8) is 0 Å². The Balaban J connectivity index is -0.0000000230. The van der Waals surface area contributed by atoms with E-state index in [1.165, 1.54) is 19.3 Å². The lowest BCUT2D eigenvalue weighted by atomic mass is 10.3. The second-order valence-electron chi connectivity index (χ2n) is 1.35. The highest BCUT2D eigenvalue weighted by atomic mass is 13.7. The highest BCUT2D eigenvalue weighted by Gasteiger charge is 1.68. The van der Waals surface area contributed by atoms with Crippen LogP contribution in [0, 0.1) is 0 Å². The molecule has 0 nitrogen and oxygen atoms in total. The summed E-state index contributed by atoms with van der Waals surface area (Å²) in [5, 5.41) is 0. The van der Waals surface area contributed by atoms with Gasteiger partial charge in [0.1, 0.15) is 0 Å². The molecular formula is C13H34. The van der Waals surface area contributed by atoms with E-state index >= 15 is 0 Å². The van der Waals surface area contributed by atoms with Crippen LogP contribution in [0.3, 0.4) is 0 Å². The van der Waals surface area contributed by atoms with E-state index in [4.69, 9.17) is 0 Å². The van der Waals surface area contributed by atoms with Crippen molar-refractivity contribution < 1.29 is 0 Å². The normalized spacial score (nSPS) is 4.92. The first-order valence-electron chi connectivity index (χ1n) is 5.91. The predicted octanol–water partition coefficient (Wildman–Crippen LogP) is 6.08. The van der Waals surface area contributed by atoms with Gasteiger partial charge in [-0.2, -0.15) is 0 Å². The van der Waals surface area contributed by atoms with E-state index in [2.05, 4.69) is 27.0 Å². The van der Waals surface area contributed by atoms with E-state index in [1.54, 1.807) is 0 Å². The highest BCUT2D eigenvalue weighted by Crippen LogP contribution is 1.88. The first-order valence-corrected chi connectivity index (χ1v) is 5.91. The minimum Gasteiger partial charge on any atom is -0.106 e. The standard InChI is InChI=1S/C5H12.3C2H6.C2H4/c1-3-5-4-2;4*1-2/h3-5H2,1-2H3;3*1-2H3;1-2H2. The van der Waals surface area contributed by atoms with Gasteiger partial charge in [-0.05, 0) is 0 Å². The second kappa shape index (κ2) is 180. The molecule has 0 bridgehead atoms.